The third-order valence-electron chi connectivity index (χ3n) is 6.45. The Hall–Kier alpha value is -2.51. The molecule has 1 saturated carbocycles. The number of nitrogens with zero attached hydrogens (tertiary/aromatic N) is 4. The molecule has 0 bridgehead atoms. The van der Waals surface area contributed by atoms with E-state index in [1.54, 1.807) is 17.1 Å². The first-order valence-corrected chi connectivity index (χ1v) is 11.4. The topological polar surface area (TPSA) is 72.3 Å². The predicted octanol–water partition coefficient (Wildman–Crippen LogP) is 3.22. The van der Waals surface area contributed by atoms with Crippen LogP contribution in [0.5, 0.6) is 0 Å². The van der Waals surface area contributed by atoms with E-state index >= 15 is 0 Å². The molecule has 1 N–H and O–H groups in total. The van der Waals surface area contributed by atoms with Crippen LogP contribution in [-0.4, -0.2) is 64.0 Å². The van der Waals surface area contributed by atoms with Crippen molar-refractivity contribution in [2.24, 2.45) is 5.92 Å². The van der Waals surface area contributed by atoms with E-state index in [-0.39, 0.29) is 11.9 Å². The van der Waals surface area contributed by atoms with Gasteiger partial charge in [0.2, 0.25) is 0 Å². The Bertz CT molecular complexity index is 828. The molecule has 1 aliphatic heterocycles. The summed E-state index contributed by atoms with van der Waals surface area (Å²) >= 11 is 0. The molecule has 2 atom stereocenters. The van der Waals surface area contributed by atoms with Crippen molar-refractivity contribution in [3.05, 3.63) is 55.0 Å². The van der Waals surface area contributed by atoms with Crippen LogP contribution in [-0.2, 0) is 4.74 Å². The molecule has 3 heterocycles. The maximum Gasteiger partial charge on any atom is 0.253 e. The van der Waals surface area contributed by atoms with Crippen LogP contribution in [0.15, 0.2) is 49.4 Å². The molecule has 2 aromatic heterocycles. The Morgan fingerprint density at radius 3 is 2.77 bits per heavy atom. The predicted molar refractivity (Wildman–Crippen MR) is 120 cm³/mol. The number of carbonyl (C=O) groups is 1. The van der Waals surface area contributed by atoms with Crippen molar-refractivity contribution in [2.75, 3.05) is 26.2 Å². The number of nitrogens with one attached hydrogen (secondary N) is 1. The Labute approximate surface area is 184 Å². The maximum atomic E-state index is 12.9. The molecule has 7 heteroatoms. The molecule has 0 aromatic carbocycles. The van der Waals surface area contributed by atoms with Gasteiger partial charge in [0, 0.05) is 44.3 Å². The van der Waals surface area contributed by atoms with E-state index < -0.39 is 0 Å². The first-order chi connectivity index (χ1) is 15.2. The van der Waals surface area contributed by atoms with E-state index in [1.807, 2.05) is 30.5 Å². The molecular formula is C24H33N5O2. The standard InChI is InChI=1S/C24H33N5O2/c1-2-16-31-21-10-14-28(15-11-21)18-20-6-3-4-7-22(20)27-24(30)19-8-9-23(25-17-19)29-13-5-12-26-29/h2,5,8-9,12-13,17,20-22H,1,3-4,6-7,10-11,14-16,18H2,(H,27,30)/t20-,22?/m0/s1. The van der Waals surface area contributed by atoms with E-state index in [9.17, 15) is 4.79 Å². The van der Waals surface area contributed by atoms with Crippen molar-refractivity contribution in [3.63, 3.8) is 0 Å². The lowest BCUT2D eigenvalue weighted by molar-refractivity contribution is 0.0154. The summed E-state index contributed by atoms with van der Waals surface area (Å²) in [6.07, 6.45) is 14.2. The molecule has 31 heavy (non-hydrogen) atoms. The minimum atomic E-state index is -0.0343. The van der Waals surface area contributed by atoms with E-state index in [4.69, 9.17) is 4.74 Å². The van der Waals surface area contributed by atoms with Gasteiger partial charge in [-0.05, 0) is 49.8 Å². The van der Waals surface area contributed by atoms with Gasteiger partial charge in [0.25, 0.3) is 5.91 Å². The second-order valence-corrected chi connectivity index (χ2v) is 8.60. The number of rotatable bonds is 8. The van der Waals surface area contributed by atoms with Crippen LogP contribution < -0.4 is 5.32 Å². The maximum absolute atomic E-state index is 12.9. The van der Waals surface area contributed by atoms with Crippen molar-refractivity contribution in [3.8, 4) is 5.82 Å². The van der Waals surface area contributed by atoms with Gasteiger partial charge in [0.05, 0.1) is 18.3 Å². The Kier molecular flexibility index (Phi) is 7.48. The zero-order chi connectivity index (χ0) is 21.5. The number of amides is 1. The van der Waals surface area contributed by atoms with Crippen LogP contribution in [0.25, 0.3) is 5.82 Å². The van der Waals surface area contributed by atoms with Crippen molar-refractivity contribution >= 4 is 5.91 Å². The van der Waals surface area contributed by atoms with Gasteiger partial charge in [0.15, 0.2) is 5.82 Å². The summed E-state index contributed by atoms with van der Waals surface area (Å²) in [5.74, 6) is 1.17. The minimum absolute atomic E-state index is 0.0343. The average Bonchev–Trinajstić information content (AvgIpc) is 3.35. The molecule has 1 unspecified atom stereocenters. The molecule has 1 saturated heterocycles. The number of ether oxygens (including phenoxy) is 1. The van der Waals surface area contributed by atoms with Gasteiger partial charge in [0.1, 0.15) is 0 Å². The fraction of sp³-hybridized carbons (Fsp3) is 0.542. The molecule has 2 aromatic rings. The summed E-state index contributed by atoms with van der Waals surface area (Å²) in [4.78, 5) is 19.8. The summed E-state index contributed by atoms with van der Waals surface area (Å²) in [7, 11) is 0. The molecule has 7 nitrogen and oxygen atoms in total. The first kappa shape index (κ1) is 21.7. The number of pyridine rings is 1. The van der Waals surface area contributed by atoms with Crippen LogP contribution >= 0.6 is 0 Å². The van der Waals surface area contributed by atoms with Gasteiger partial charge in [-0.15, -0.1) is 6.58 Å². The number of aromatic nitrogens is 3. The highest BCUT2D eigenvalue weighted by Gasteiger charge is 2.30. The van der Waals surface area contributed by atoms with Gasteiger partial charge >= 0.3 is 0 Å². The summed E-state index contributed by atoms with van der Waals surface area (Å²) < 4.78 is 7.50. The zero-order valence-electron chi connectivity index (χ0n) is 18.2. The fourth-order valence-corrected chi connectivity index (χ4v) is 4.72. The molecular weight excluding hydrogens is 390 g/mol. The molecule has 2 fully saturated rings. The van der Waals surface area contributed by atoms with Crippen molar-refractivity contribution in [1.29, 1.82) is 0 Å². The Morgan fingerprint density at radius 1 is 1.23 bits per heavy atom. The highest BCUT2D eigenvalue weighted by atomic mass is 16.5. The minimum Gasteiger partial charge on any atom is -0.374 e. The van der Waals surface area contributed by atoms with Crippen LogP contribution in [0.3, 0.4) is 0 Å². The SMILES string of the molecule is C=CCOC1CCN(C[C@@H]2CCCCC2NC(=O)c2ccc(-n3cccn3)nc2)CC1. The number of hydrogen-bond donors (Lipinski definition) is 1. The van der Waals surface area contributed by atoms with Gasteiger partial charge in [-0.25, -0.2) is 9.67 Å². The third kappa shape index (κ3) is 5.80. The highest BCUT2D eigenvalue weighted by Crippen LogP contribution is 2.27. The van der Waals surface area contributed by atoms with Gasteiger partial charge in [-0.3, -0.25) is 4.79 Å². The Morgan fingerprint density at radius 2 is 2.06 bits per heavy atom. The van der Waals surface area contributed by atoms with E-state index in [2.05, 4.69) is 26.9 Å². The smallest absolute Gasteiger partial charge is 0.253 e. The fourth-order valence-electron chi connectivity index (χ4n) is 4.72. The summed E-state index contributed by atoms with van der Waals surface area (Å²) in [5.41, 5.74) is 0.598. The second-order valence-electron chi connectivity index (χ2n) is 8.60. The molecule has 4 rings (SSSR count). The molecule has 1 aliphatic carbocycles. The number of hydrogen-bond acceptors (Lipinski definition) is 5. The van der Waals surface area contributed by atoms with Crippen molar-refractivity contribution < 1.29 is 9.53 Å². The number of piperidine rings is 1. The summed E-state index contributed by atoms with van der Waals surface area (Å²) in [6.45, 7) is 7.55. The first-order valence-electron chi connectivity index (χ1n) is 11.4. The van der Waals surface area contributed by atoms with Crippen LogP contribution in [0.1, 0.15) is 48.9 Å². The van der Waals surface area contributed by atoms with Crippen LogP contribution in [0, 0.1) is 5.92 Å². The van der Waals surface area contributed by atoms with Gasteiger partial charge in [-0.2, -0.15) is 5.10 Å². The van der Waals surface area contributed by atoms with E-state index in [1.165, 1.54) is 19.3 Å². The van der Waals surface area contributed by atoms with Crippen LogP contribution in [0.4, 0.5) is 0 Å². The Balaban J connectivity index is 1.30. The van der Waals surface area contributed by atoms with E-state index in [0.717, 1.165) is 38.9 Å². The van der Waals surface area contributed by atoms with Gasteiger partial charge < -0.3 is 15.0 Å². The largest absolute Gasteiger partial charge is 0.374 e. The normalized spacial score (nSPS) is 22.8. The lowest BCUT2D eigenvalue weighted by Gasteiger charge is -2.38. The molecule has 0 spiro atoms. The van der Waals surface area contributed by atoms with Gasteiger partial charge in [-0.1, -0.05) is 18.9 Å². The zero-order valence-corrected chi connectivity index (χ0v) is 18.2. The number of carbonyl (C=O) groups excluding carboxylic acids is 1. The average molecular weight is 424 g/mol. The lowest BCUT2D eigenvalue weighted by atomic mass is 9.83. The molecule has 166 valence electrons. The van der Waals surface area contributed by atoms with Crippen molar-refractivity contribution in [1.82, 2.24) is 25.0 Å². The summed E-state index contributed by atoms with van der Waals surface area (Å²) in [5, 5.41) is 7.48. The molecule has 2 aliphatic rings. The molecule has 0 radical (unpaired) electrons. The highest BCUT2D eigenvalue weighted by molar-refractivity contribution is 5.94. The second kappa shape index (κ2) is 10.7. The van der Waals surface area contributed by atoms with Crippen LogP contribution in [0.2, 0.25) is 0 Å². The lowest BCUT2D eigenvalue weighted by Crippen LogP contribution is -2.48. The summed E-state index contributed by atoms with van der Waals surface area (Å²) in [6, 6.07) is 5.73. The van der Waals surface area contributed by atoms with Crippen molar-refractivity contribution in [2.45, 2.75) is 50.7 Å². The number of likely N-dealkylation sites (tertiary alicyclic amines) is 1. The molecule has 1 amide bonds. The monoisotopic (exact) mass is 423 g/mol. The third-order valence-corrected chi connectivity index (χ3v) is 6.45. The van der Waals surface area contributed by atoms with E-state index in [0.29, 0.717) is 30.0 Å². The quantitative estimate of drug-likeness (QED) is 0.660.